The summed E-state index contributed by atoms with van der Waals surface area (Å²) in [7, 11) is -3.54. The van der Waals surface area contributed by atoms with Gasteiger partial charge in [0.2, 0.25) is 15.9 Å². The number of hydrogen-bond donors (Lipinski definition) is 2. The maximum atomic E-state index is 12.9. The quantitative estimate of drug-likeness (QED) is 0.813. The first-order valence-corrected chi connectivity index (χ1v) is 10.1. The van der Waals surface area contributed by atoms with E-state index in [0.29, 0.717) is 11.3 Å². The van der Waals surface area contributed by atoms with Gasteiger partial charge in [0.15, 0.2) is 0 Å². The second kappa shape index (κ2) is 7.97. The molecule has 0 heterocycles. The van der Waals surface area contributed by atoms with Crippen LogP contribution in [0.25, 0.3) is 0 Å². The van der Waals surface area contributed by atoms with Gasteiger partial charge in [-0.3, -0.25) is 4.79 Å². The Hall–Kier alpha value is -2.25. The van der Waals surface area contributed by atoms with E-state index in [1.807, 2.05) is 0 Å². The molecule has 2 aromatic carbocycles. The van der Waals surface area contributed by atoms with Crippen molar-refractivity contribution in [2.75, 3.05) is 5.32 Å². The first-order valence-electron chi connectivity index (χ1n) is 8.59. The van der Waals surface area contributed by atoms with Crippen molar-refractivity contribution in [3.8, 4) is 0 Å². The fourth-order valence-electron chi connectivity index (χ4n) is 3.04. The van der Waals surface area contributed by atoms with Crippen molar-refractivity contribution in [1.29, 1.82) is 0 Å². The van der Waals surface area contributed by atoms with Crippen LogP contribution >= 0.6 is 0 Å². The number of hydrogen-bond acceptors (Lipinski definition) is 3. The molecule has 26 heavy (non-hydrogen) atoms. The molecule has 0 aliphatic heterocycles. The molecule has 1 aliphatic rings. The summed E-state index contributed by atoms with van der Waals surface area (Å²) in [5.41, 5.74) is 1.21. The highest BCUT2D eigenvalue weighted by molar-refractivity contribution is 7.89. The van der Waals surface area contributed by atoms with Crippen LogP contribution < -0.4 is 10.0 Å². The zero-order valence-electron chi connectivity index (χ0n) is 14.2. The van der Waals surface area contributed by atoms with Crippen molar-refractivity contribution >= 4 is 21.6 Å². The van der Waals surface area contributed by atoms with Gasteiger partial charge in [0.25, 0.3) is 0 Å². The summed E-state index contributed by atoms with van der Waals surface area (Å²) in [6.07, 6.45) is 3.95. The summed E-state index contributed by atoms with van der Waals surface area (Å²) in [5.74, 6) is -0.603. The molecule has 3 rings (SSSR count). The van der Waals surface area contributed by atoms with Crippen LogP contribution in [0.4, 0.5) is 10.1 Å². The Morgan fingerprint density at radius 3 is 2.23 bits per heavy atom. The molecule has 5 nitrogen and oxygen atoms in total. The first-order chi connectivity index (χ1) is 12.4. The molecule has 0 unspecified atom stereocenters. The Morgan fingerprint density at radius 1 is 1.00 bits per heavy atom. The fourth-order valence-corrected chi connectivity index (χ4v) is 4.35. The molecule has 7 heteroatoms. The van der Waals surface area contributed by atoms with E-state index in [1.54, 1.807) is 24.3 Å². The smallest absolute Gasteiger partial charge is 0.240 e. The van der Waals surface area contributed by atoms with Gasteiger partial charge in [-0.1, -0.05) is 25.0 Å². The number of rotatable bonds is 6. The molecule has 0 radical (unpaired) electrons. The zero-order chi connectivity index (χ0) is 18.6. The van der Waals surface area contributed by atoms with E-state index < -0.39 is 10.0 Å². The molecule has 0 aromatic heterocycles. The second-order valence-electron chi connectivity index (χ2n) is 6.48. The molecule has 0 saturated heterocycles. The molecular formula is C19H21FN2O3S. The van der Waals surface area contributed by atoms with Crippen LogP contribution in [0, 0.1) is 5.82 Å². The predicted molar refractivity (Wildman–Crippen MR) is 97.8 cm³/mol. The summed E-state index contributed by atoms with van der Waals surface area (Å²) in [6, 6.07) is 11.8. The normalized spacial score (nSPS) is 15.1. The fraction of sp³-hybridized carbons (Fsp3) is 0.316. The lowest BCUT2D eigenvalue weighted by Gasteiger charge is -2.13. The number of nitrogens with one attached hydrogen (secondary N) is 2. The van der Waals surface area contributed by atoms with Crippen LogP contribution in [0.5, 0.6) is 0 Å². The molecule has 1 saturated carbocycles. The minimum Gasteiger partial charge on any atom is -0.326 e. The van der Waals surface area contributed by atoms with Crippen molar-refractivity contribution in [3.05, 3.63) is 59.9 Å². The van der Waals surface area contributed by atoms with Crippen LogP contribution in [0.1, 0.15) is 31.2 Å². The van der Waals surface area contributed by atoms with Crippen molar-refractivity contribution in [2.24, 2.45) is 0 Å². The Kier molecular flexibility index (Phi) is 5.68. The molecule has 0 atom stereocenters. The van der Waals surface area contributed by atoms with E-state index in [1.165, 1.54) is 24.3 Å². The summed E-state index contributed by atoms with van der Waals surface area (Å²) >= 11 is 0. The number of anilines is 1. The van der Waals surface area contributed by atoms with Crippen LogP contribution in [0.3, 0.4) is 0 Å². The van der Waals surface area contributed by atoms with Crippen molar-refractivity contribution in [2.45, 2.75) is 43.0 Å². The van der Waals surface area contributed by atoms with Crippen LogP contribution in [0.2, 0.25) is 0 Å². The van der Waals surface area contributed by atoms with E-state index in [9.17, 15) is 17.6 Å². The standard InChI is InChI=1S/C19H21FN2O3S/c20-15-7-5-14(6-8-15)13-19(23)21-16-9-11-18(12-10-16)26(24,25)22-17-3-1-2-4-17/h5-12,17,22H,1-4,13H2,(H,21,23). The highest BCUT2D eigenvalue weighted by Crippen LogP contribution is 2.21. The van der Waals surface area contributed by atoms with Crippen molar-refractivity contribution in [3.63, 3.8) is 0 Å². The Balaban J connectivity index is 1.59. The van der Waals surface area contributed by atoms with Crippen molar-refractivity contribution in [1.82, 2.24) is 4.72 Å². The molecule has 1 amide bonds. The van der Waals surface area contributed by atoms with Gasteiger partial charge < -0.3 is 5.32 Å². The van der Waals surface area contributed by atoms with Gasteiger partial charge in [-0.2, -0.15) is 0 Å². The van der Waals surface area contributed by atoms with E-state index >= 15 is 0 Å². The lowest BCUT2D eigenvalue weighted by atomic mass is 10.1. The molecule has 2 N–H and O–H groups in total. The molecule has 0 spiro atoms. The van der Waals surface area contributed by atoms with Crippen molar-refractivity contribution < 1.29 is 17.6 Å². The van der Waals surface area contributed by atoms with Crippen LogP contribution in [0.15, 0.2) is 53.4 Å². The highest BCUT2D eigenvalue weighted by Gasteiger charge is 2.22. The number of sulfonamides is 1. The summed E-state index contributed by atoms with van der Waals surface area (Å²) in [4.78, 5) is 12.2. The Labute approximate surface area is 152 Å². The number of benzene rings is 2. The largest absolute Gasteiger partial charge is 0.326 e. The average molecular weight is 376 g/mol. The molecule has 1 fully saturated rings. The third kappa shape index (κ3) is 4.89. The molecular weight excluding hydrogens is 355 g/mol. The third-order valence-corrected chi connectivity index (χ3v) is 5.94. The summed E-state index contributed by atoms with van der Waals surface area (Å²) in [5, 5.41) is 2.71. The minimum absolute atomic E-state index is 0.00934. The van der Waals surface area contributed by atoms with E-state index in [2.05, 4.69) is 10.0 Å². The second-order valence-corrected chi connectivity index (χ2v) is 8.19. The van der Waals surface area contributed by atoms with Gasteiger partial charge in [-0.15, -0.1) is 0 Å². The highest BCUT2D eigenvalue weighted by atomic mass is 32.2. The van der Waals surface area contributed by atoms with Gasteiger partial charge in [-0.25, -0.2) is 17.5 Å². The van der Waals surface area contributed by atoms with Gasteiger partial charge in [0.1, 0.15) is 5.82 Å². The molecule has 1 aliphatic carbocycles. The average Bonchev–Trinajstić information content (AvgIpc) is 3.09. The molecule has 138 valence electrons. The molecule has 0 bridgehead atoms. The van der Waals surface area contributed by atoms with Gasteiger partial charge >= 0.3 is 0 Å². The Bertz CT molecular complexity index is 859. The van der Waals surface area contributed by atoms with Gasteiger partial charge in [0.05, 0.1) is 11.3 Å². The number of amides is 1. The minimum atomic E-state index is -3.54. The maximum Gasteiger partial charge on any atom is 0.240 e. The zero-order valence-corrected chi connectivity index (χ0v) is 15.1. The lowest BCUT2D eigenvalue weighted by Crippen LogP contribution is -2.32. The number of halogens is 1. The van der Waals surface area contributed by atoms with E-state index in [-0.39, 0.29) is 29.1 Å². The van der Waals surface area contributed by atoms with Gasteiger partial charge in [-0.05, 0) is 54.8 Å². The first kappa shape index (κ1) is 18.5. The Morgan fingerprint density at radius 2 is 1.62 bits per heavy atom. The lowest BCUT2D eigenvalue weighted by molar-refractivity contribution is -0.115. The predicted octanol–water partition coefficient (Wildman–Crippen LogP) is 3.23. The summed E-state index contributed by atoms with van der Waals surface area (Å²) < 4.78 is 40.3. The van der Waals surface area contributed by atoms with Crippen LogP contribution in [-0.2, 0) is 21.2 Å². The van der Waals surface area contributed by atoms with E-state index in [4.69, 9.17) is 0 Å². The van der Waals surface area contributed by atoms with E-state index in [0.717, 1.165) is 25.7 Å². The number of carbonyl (C=O) groups is 1. The van der Waals surface area contributed by atoms with Crippen LogP contribution in [-0.4, -0.2) is 20.4 Å². The maximum absolute atomic E-state index is 12.9. The summed E-state index contributed by atoms with van der Waals surface area (Å²) in [6.45, 7) is 0. The number of carbonyl (C=O) groups excluding carboxylic acids is 1. The third-order valence-electron chi connectivity index (χ3n) is 4.40. The monoisotopic (exact) mass is 376 g/mol. The van der Waals surface area contributed by atoms with Gasteiger partial charge in [0, 0.05) is 11.7 Å². The topological polar surface area (TPSA) is 75.3 Å². The SMILES string of the molecule is O=C(Cc1ccc(F)cc1)Nc1ccc(S(=O)(=O)NC2CCCC2)cc1. The molecule has 2 aromatic rings.